The number of likely N-dealkylation sites (N-methyl/N-ethyl adjacent to an activating group) is 1. The van der Waals surface area contributed by atoms with Crippen molar-refractivity contribution in [2.45, 2.75) is 6.92 Å². The van der Waals surface area contributed by atoms with Gasteiger partial charge in [-0.05, 0) is 6.92 Å². The van der Waals surface area contributed by atoms with E-state index in [4.69, 9.17) is 9.29 Å². The first-order valence-electron chi connectivity index (χ1n) is 4.63. The fraction of sp³-hybridized carbons (Fsp3) is 0.667. The second-order valence-corrected chi connectivity index (χ2v) is 5.71. The third-order valence-electron chi connectivity index (χ3n) is 1.79. The highest BCUT2D eigenvalue weighted by Crippen LogP contribution is 2.01. The molecule has 0 aromatic carbocycles. The van der Waals surface area contributed by atoms with Gasteiger partial charge in [0.05, 0.1) is 14.1 Å². The molecule has 0 aliphatic carbocycles. The van der Waals surface area contributed by atoms with Gasteiger partial charge in [-0.2, -0.15) is 8.42 Å². The van der Waals surface area contributed by atoms with Crippen LogP contribution in [0.5, 0.6) is 0 Å². The number of esters is 1. The third-order valence-corrected chi connectivity index (χ3v) is 2.82. The van der Waals surface area contributed by atoms with Crippen LogP contribution in [0.1, 0.15) is 6.92 Å². The van der Waals surface area contributed by atoms with Crippen molar-refractivity contribution in [3.8, 4) is 0 Å². The van der Waals surface area contributed by atoms with Gasteiger partial charge in [0.1, 0.15) is 13.2 Å². The van der Waals surface area contributed by atoms with E-state index in [2.05, 4.69) is 6.58 Å². The summed E-state index contributed by atoms with van der Waals surface area (Å²) in [4.78, 5) is 11.0. The first kappa shape index (κ1) is 15.1. The molecule has 16 heavy (non-hydrogen) atoms. The van der Waals surface area contributed by atoms with Gasteiger partial charge in [-0.3, -0.25) is 4.55 Å². The summed E-state index contributed by atoms with van der Waals surface area (Å²) >= 11 is 0. The lowest BCUT2D eigenvalue weighted by molar-refractivity contribution is -0.878. The first-order chi connectivity index (χ1) is 7.03. The number of nitrogens with zero attached hydrogens (tertiary/aromatic N) is 1. The maximum Gasteiger partial charge on any atom is 0.333 e. The second kappa shape index (κ2) is 5.42. The molecule has 0 rings (SSSR count). The normalized spacial score (nSPS) is 12.2. The Morgan fingerprint density at radius 1 is 1.44 bits per heavy atom. The standard InChI is InChI=1S/C9H17NO5S/c1-8(2)9(11)15-6-5-10(3,4)7-16(12,13)14/h1,5-7H2,2-4H3/p+1. The van der Waals surface area contributed by atoms with Crippen molar-refractivity contribution < 1.29 is 27.0 Å². The minimum Gasteiger partial charge on any atom is -0.456 e. The van der Waals surface area contributed by atoms with E-state index >= 15 is 0 Å². The predicted molar refractivity (Wildman–Crippen MR) is 59.2 cm³/mol. The van der Waals surface area contributed by atoms with Crippen LogP contribution in [0.3, 0.4) is 0 Å². The van der Waals surface area contributed by atoms with Gasteiger partial charge in [-0.25, -0.2) is 4.79 Å². The lowest BCUT2D eigenvalue weighted by Gasteiger charge is -2.27. The number of ether oxygens (including phenoxy) is 1. The molecule has 6 nitrogen and oxygen atoms in total. The number of carbonyl (C=O) groups is 1. The number of carbonyl (C=O) groups excluding carboxylic acids is 1. The molecule has 0 saturated heterocycles. The summed E-state index contributed by atoms with van der Waals surface area (Å²) in [5.74, 6) is -0.927. The quantitative estimate of drug-likeness (QED) is 0.312. The van der Waals surface area contributed by atoms with Crippen molar-refractivity contribution in [1.82, 2.24) is 0 Å². The predicted octanol–water partition coefficient (Wildman–Crippen LogP) is 0.0274. The van der Waals surface area contributed by atoms with Crippen LogP contribution in [-0.4, -0.2) is 56.5 Å². The molecule has 0 aromatic rings. The van der Waals surface area contributed by atoms with Crippen molar-refractivity contribution >= 4 is 16.1 Å². The number of hydrogen-bond donors (Lipinski definition) is 1. The van der Waals surface area contributed by atoms with E-state index in [-0.39, 0.29) is 11.1 Å². The Balaban J connectivity index is 4.11. The smallest absolute Gasteiger partial charge is 0.333 e. The molecule has 0 aromatic heterocycles. The molecule has 0 heterocycles. The lowest BCUT2D eigenvalue weighted by Crippen LogP contribution is -2.46. The molecule has 94 valence electrons. The summed E-state index contributed by atoms with van der Waals surface area (Å²) < 4.78 is 34.9. The number of quaternary nitrogens is 1. The fourth-order valence-corrected chi connectivity index (χ4v) is 2.03. The van der Waals surface area contributed by atoms with E-state index in [1.165, 1.54) is 6.92 Å². The van der Waals surface area contributed by atoms with Gasteiger partial charge in [0.25, 0.3) is 0 Å². The molecule has 0 amide bonds. The lowest BCUT2D eigenvalue weighted by atomic mass is 10.4. The van der Waals surface area contributed by atoms with Crippen molar-refractivity contribution in [2.24, 2.45) is 0 Å². The number of rotatable bonds is 6. The van der Waals surface area contributed by atoms with Crippen LogP contribution in [0.2, 0.25) is 0 Å². The second-order valence-electron chi connectivity index (χ2n) is 4.29. The van der Waals surface area contributed by atoms with Gasteiger partial charge < -0.3 is 9.22 Å². The van der Waals surface area contributed by atoms with Crippen LogP contribution < -0.4 is 0 Å². The average Bonchev–Trinajstić information content (AvgIpc) is 1.98. The molecule has 0 spiro atoms. The first-order valence-corrected chi connectivity index (χ1v) is 6.24. The Bertz CT molecular complexity index is 371. The minimum atomic E-state index is -4.03. The van der Waals surface area contributed by atoms with Crippen molar-refractivity contribution in [2.75, 3.05) is 33.1 Å². The highest BCUT2D eigenvalue weighted by atomic mass is 32.2. The average molecular weight is 252 g/mol. The maximum absolute atomic E-state index is 11.0. The minimum absolute atomic E-state index is 0.0162. The summed E-state index contributed by atoms with van der Waals surface area (Å²) in [6, 6.07) is 0. The molecule has 0 aliphatic heterocycles. The largest absolute Gasteiger partial charge is 0.456 e. The molecule has 1 N–H and O–H groups in total. The molecular formula is C9H18NO5S+. The van der Waals surface area contributed by atoms with E-state index in [0.29, 0.717) is 12.1 Å². The Labute approximate surface area is 95.8 Å². The van der Waals surface area contributed by atoms with Gasteiger partial charge in [0.15, 0.2) is 0 Å². The van der Waals surface area contributed by atoms with Crippen molar-refractivity contribution in [1.29, 1.82) is 0 Å². The summed E-state index contributed by atoms with van der Waals surface area (Å²) in [7, 11) is -0.808. The summed E-state index contributed by atoms with van der Waals surface area (Å²) in [5, 5.41) is 0. The summed E-state index contributed by atoms with van der Waals surface area (Å²) in [6.45, 7) is 5.31. The van der Waals surface area contributed by atoms with Crippen LogP contribution in [0.4, 0.5) is 0 Å². The van der Waals surface area contributed by atoms with Gasteiger partial charge in [0, 0.05) is 5.57 Å². The molecular weight excluding hydrogens is 234 g/mol. The zero-order valence-corrected chi connectivity index (χ0v) is 10.6. The number of hydrogen-bond acceptors (Lipinski definition) is 4. The highest BCUT2D eigenvalue weighted by Gasteiger charge is 2.23. The van der Waals surface area contributed by atoms with E-state index in [1.807, 2.05) is 0 Å². The molecule has 7 heteroatoms. The van der Waals surface area contributed by atoms with Crippen molar-refractivity contribution in [3.05, 3.63) is 12.2 Å². The highest BCUT2D eigenvalue weighted by molar-refractivity contribution is 7.85. The summed E-state index contributed by atoms with van der Waals surface area (Å²) in [6.07, 6.45) is 0. The monoisotopic (exact) mass is 252 g/mol. The molecule has 0 unspecified atom stereocenters. The Morgan fingerprint density at radius 3 is 2.31 bits per heavy atom. The molecule has 0 atom stereocenters. The van der Waals surface area contributed by atoms with Crippen LogP contribution in [-0.2, 0) is 19.6 Å². The summed E-state index contributed by atoms with van der Waals surface area (Å²) in [5.41, 5.74) is 0.292. The van der Waals surface area contributed by atoms with E-state index in [9.17, 15) is 13.2 Å². The van der Waals surface area contributed by atoms with Gasteiger partial charge >= 0.3 is 16.1 Å². The van der Waals surface area contributed by atoms with E-state index < -0.39 is 22.0 Å². The molecule has 0 aliphatic rings. The molecule has 0 fully saturated rings. The van der Waals surface area contributed by atoms with E-state index in [0.717, 1.165) is 0 Å². The van der Waals surface area contributed by atoms with Crippen LogP contribution in [0.25, 0.3) is 0 Å². The Morgan fingerprint density at radius 2 is 1.94 bits per heavy atom. The topological polar surface area (TPSA) is 80.7 Å². The zero-order valence-electron chi connectivity index (χ0n) is 9.76. The Hall–Kier alpha value is -0.920. The van der Waals surface area contributed by atoms with Gasteiger partial charge in [0.2, 0.25) is 5.88 Å². The van der Waals surface area contributed by atoms with E-state index in [1.54, 1.807) is 14.1 Å². The van der Waals surface area contributed by atoms with Crippen LogP contribution in [0, 0.1) is 0 Å². The van der Waals surface area contributed by atoms with Crippen LogP contribution >= 0.6 is 0 Å². The fourth-order valence-electron chi connectivity index (χ4n) is 1.01. The molecule has 0 radical (unpaired) electrons. The van der Waals surface area contributed by atoms with Gasteiger partial charge in [-0.1, -0.05) is 6.58 Å². The SMILES string of the molecule is C=C(C)C(=O)OCC[N+](C)(C)CS(=O)(=O)O. The molecule has 0 bridgehead atoms. The Kier molecular flexibility index (Phi) is 5.11. The zero-order chi connectivity index (χ0) is 13.0. The molecule has 0 saturated carbocycles. The van der Waals surface area contributed by atoms with Gasteiger partial charge in [-0.15, -0.1) is 0 Å². The van der Waals surface area contributed by atoms with Crippen molar-refractivity contribution in [3.63, 3.8) is 0 Å². The van der Waals surface area contributed by atoms with Crippen LogP contribution in [0.15, 0.2) is 12.2 Å². The third kappa shape index (κ3) is 7.38. The maximum atomic E-state index is 11.0.